The molecule has 9 heteroatoms. The normalized spacial score (nSPS) is 19.5. The minimum atomic E-state index is -3.58. The van der Waals surface area contributed by atoms with Gasteiger partial charge in [0.1, 0.15) is 12.7 Å². The Morgan fingerprint density at radius 2 is 1.72 bits per heavy atom. The van der Waals surface area contributed by atoms with E-state index in [4.69, 9.17) is 14.2 Å². The zero-order valence-corrected chi connectivity index (χ0v) is 16.6. The average Bonchev–Trinajstić information content (AvgIpc) is 2.78. The first-order valence-electron chi connectivity index (χ1n) is 9.39. The molecule has 1 amide bonds. The van der Waals surface area contributed by atoms with Crippen molar-refractivity contribution in [2.75, 3.05) is 39.5 Å². The Labute approximate surface area is 169 Å². The molecular weight excluding hydrogens is 396 g/mol. The molecular formula is C20H22N2O6S. The second-order valence-electron chi connectivity index (χ2n) is 6.75. The van der Waals surface area contributed by atoms with Gasteiger partial charge in [-0.1, -0.05) is 12.1 Å². The van der Waals surface area contributed by atoms with Crippen molar-refractivity contribution in [3.8, 4) is 11.5 Å². The van der Waals surface area contributed by atoms with Crippen molar-refractivity contribution >= 4 is 15.9 Å². The smallest absolute Gasteiger partial charge is 0.251 e. The lowest BCUT2D eigenvalue weighted by Crippen LogP contribution is -2.41. The number of ether oxygens (including phenoxy) is 3. The van der Waals surface area contributed by atoms with E-state index in [0.717, 1.165) is 0 Å². The standard InChI is InChI=1S/C20H22N2O6S/c23-20(21-13-16-14-27-18-3-1-2-4-19(18)28-16)15-5-7-17(8-6-15)29(24,25)22-9-11-26-12-10-22/h1-8,16H,9-14H2,(H,21,23)/t16-/m1/s1. The quantitative estimate of drug-likeness (QED) is 0.786. The molecule has 29 heavy (non-hydrogen) atoms. The van der Waals surface area contributed by atoms with Crippen molar-refractivity contribution in [2.45, 2.75) is 11.0 Å². The predicted octanol–water partition coefficient (Wildman–Crippen LogP) is 1.28. The van der Waals surface area contributed by atoms with Gasteiger partial charge in [-0.2, -0.15) is 4.31 Å². The van der Waals surface area contributed by atoms with Crippen LogP contribution in [0.2, 0.25) is 0 Å². The molecule has 154 valence electrons. The Morgan fingerprint density at radius 1 is 1.03 bits per heavy atom. The van der Waals surface area contributed by atoms with E-state index in [1.807, 2.05) is 24.3 Å². The molecule has 2 aromatic carbocycles. The molecule has 0 spiro atoms. The molecule has 2 aromatic rings. The van der Waals surface area contributed by atoms with Gasteiger partial charge in [0.2, 0.25) is 10.0 Å². The Morgan fingerprint density at radius 3 is 2.45 bits per heavy atom. The number of carbonyl (C=O) groups excluding carboxylic acids is 1. The van der Waals surface area contributed by atoms with E-state index in [2.05, 4.69) is 5.32 Å². The summed E-state index contributed by atoms with van der Waals surface area (Å²) in [6, 6.07) is 13.3. The largest absolute Gasteiger partial charge is 0.486 e. The van der Waals surface area contributed by atoms with E-state index in [0.29, 0.717) is 50.0 Å². The van der Waals surface area contributed by atoms with Gasteiger partial charge in [0, 0.05) is 18.7 Å². The minimum Gasteiger partial charge on any atom is -0.486 e. The van der Waals surface area contributed by atoms with Crippen molar-refractivity contribution in [3.05, 3.63) is 54.1 Å². The summed E-state index contributed by atoms with van der Waals surface area (Å²) >= 11 is 0. The van der Waals surface area contributed by atoms with Crippen molar-refractivity contribution in [1.29, 1.82) is 0 Å². The number of fused-ring (bicyclic) bond motifs is 1. The second kappa shape index (κ2) is 8.40. The first kappa shape index (κ1) is 19.7. The van der Waals surface area contributed by atoms with Gasteiger partial charge in [0.25, 0.3) is 5.91 Å². The Balaban J connectivity index is 1.35. The van der Waals surface area contributed by atoms with E-state index in [-0.39, 0.29) is 23.5 Å². The molecule has 0 unspecified atom stereocenters. The van der Waals surface area contributed by atoms with Crippen LogP contribution in [0.3, 0.4) is 0 Å². The summed E-state index contributed by atoms with van der Waals surface area (Å²) in [6.07, 6.45) is -0.296. The lowest BCUT2D eigenvalue weighted by atomic mass is 10.2. The van der Waals surface area contributed by atoms with Crippen LogP contribution < -0.4 is 14.8 Å². The maximum atomic E-state index is 12.6. The fraction of sp³-hybridized carbons (Fsp3) is 0.350. The number of sulfonamides is 1. The lowest BCUT2D eigenvalue weighted by molar-refractivity contribution is 0.0730. The van der Waals surface area contributed by atoms with E-state index in [1.165, 1.54) is 28.6 Å². The number of para-hydroxylation sites is 2. The van der Waals surface area contributed by atoms with E-state index in [1.54, 1.807) is 0 Å². The van der Waals surface area contributed by atoms with Crippen LogP contribution in [0.15, 0.2) is 53.4 Å². The van der Waals surface area contributed by atoms with Crippen LogP contribution in [-0.4, -0.2) is 64.2 Å². The van der Waals surface area contributed by atoms with Crippen molar-refractivity contribution in [2.24, 2.45) is 0 Å². The van der Waals surface area contributed by atoms with Crippen LogP contribution in [0.25, 0.3) is 0 Å². The molecule has 2 aliphatic rings. The number of nitrogens with one attached hydrogen (secondary N) is 1. The predicted molar refractivity (Wildman–Crippen MR) is 105 cm³/mol. The molecule has 2 aliphatic heterocycles. The third kappa shape index (κ3) is 4.36. The molecule has 0 radical (unpaired) electrons. The molecule has 0 saturated carbocycles. The third-order valence-electron chi connectivity index (χ3n) is 4.78. The topological polar surface area (TPSA) is 94.2 Å². The van der Waals surface area contributed by atoms with Crippen molar-refractivity contribution in [3.63, 3.8) is 0 Å². The Kier molecular flexibility index (Phi) is 5.70. The highest BCUT2D eigenvalue weighted by molar-refractivity contribution is 7.89. The van der Waals surface area contributed by atoms with Gasteiger partial charge in [-0.05, 0) is 36.4 Å². The number of nitrogens with zero attached hydrogens (tertiary/aromatic N) is 1. The number of rotatable bonds is 5. The van der Waals surface area contributed by atoms with Gasteiger partial charge in [0.15, 0.2) is 11.5 Å². The number of benzene rings is 2. The minimum absolute atomic E-state index is 0.163. The molecule has 0 aliphatic carbocycles. The van der Waals surface area contributed by atoms with Crippen molar-refractivity contribution < 1.29 is 27.4 Å². The maximum absolute atomic E-state index is 12.6. The molecule has 8 nitrogen and oxygen atoms in total. The summed E-state index contributed by atoms with van der Waals surface area (Å²) in [5.41, 5.74) is 0.378. The van der Waals surface area contributed by atoms with Crippen LogP contribution in [0, 0.1) is 0 Å². The fourth-order valence-electron chi connectivity index (χ4n) is 3.19. The zero-order valence-electron chi connectivity index (χ0n) is 15.7. The number of morpholine rings is 1. The van der Waals surface area contributed by atoms with Gasteiger partial charge in [-0.3, -0.25) is 4.79 Å². The zero-order chi connectivity index (χ0) is 20.3. The summed E-state index contributed by atoms with van der Waals surface area (Å²) < 4.78 is 43.3. The molecule has 2 heterocycles. The first-order chi connectivity index (χ1) is 14.0. The summed E-state index contributed by atoms with van der Waals surface area (Å²) in [6.45, 7) is 2.05. The summed E-state index contributed by atoms with van der Waals surface area (Å²) in [7, 11) is -3.58. The van der Waals surface area contributed by atoms with Gasteiger partial charge in [0.05, 0.1) is 24.7 Å². The Bertz CT molecular complexity index is 971. The molecule has 1 atom stereocenters. The van der Waals surface area contributed by atoms with E-state index < -0.39 is 10.0 Å². The van der Waals surface area contributed by atoms with Crippen LogP contribution in [-0.2, 0) is 14.8 Å². The van der Waals surface area contributed by atoms with Gasteiger partial charge in [-0.25, -0.2) is 8.42 Å². The SMILES string of the molecule is O=C(NC[C@@H]1COc2ccccc2O1)c1ccc(S(=O)(=O)N2CCOCC2)cc1. The van der Waals surface area contributed by atoms with Crippen LogP contribution >= 0.6 is 0 Å². The summed E-state index contributed by atoms with van der Waals surface area (Å²) in [4.78, 5) is 12.6. The third-order valence-corrected chi connectivity index (χ3v) is 6.70. The molecule has 0 bridgehead atoms. The molecule has 1 saturated heterocycles. The molecule has 0 aromatic heterocycles. The maximum Gasteiger partial charge on any atom is 0.251 e. The molecule has 1 N–H and O–H groups in total. The highest BCUT2D eigenvalue weighted by atomic mass is 32.2. The van der Waals surface area contributed by atoms with Crippen molar-refractivity contribution in [1.82, 2.24) is 9.62 Å². The van der Waals surface area contributed by atoms with Crippen LogP contribution in [0.1, 0.15) is 10.4 Å². The van der Waals surface area contributed by atoms with Crippen LogP contribution in [0.5, 0.6) is 11.5 Å². The van der Waals surface area contributed by atoms with E-state index >= 15 is 0 Å². The Hall–Kier alpha value is -2.62. The number of hydrogen-bond donors (Lipinski definition) is 1. The lowest BCUT2D eigenvalue weighted by Gasteiger charge is -2.26. The first-order valence-corrected chi connectivity index (χ1v) is 10.8. The summed E-state index contributed by atoms with van der Waals surface area (Å²) in [5.74, 6) is 1.03. The molecule has 4 rings (SSSR count). The fourth-order valence-corrected chi connectivity index (χ4v) is 4.59. The van der Waals surface area contributed by atoms with Gasteiger partial charge < -0.3 is 19.5 Å². The highest BCUT2D eigenvalue weighted by Gasteiger charge is 2.26. The van der Waals surface area contributed by atoms with Gasteiger partial charge in [-0.15, -0.1) is 0 Å². The van der Waals surface area contributed by atoms with Gasteiger partial charge >= 0.3 is 0 Å². The number of amides is 1. The molecule has 1 fully saturated rings. The highest BCUT2D eigenvalue weighted by Crippen LogP contribution is 2.30. The van der Waals surface area contributed by atoms with E-state index in [9.17, 15) is 13.2 Å². The summed E-state index contributed by atoms with van der Waals surface area (Å²) in [5, 5.41) is 2.80. The van der Waals surface area contributed by atoms with Crippen LogP contribution in [0.4, 0.5) is 0 Å². The number of carbonyl (C=O) groups is 1. The second-order valence-corrected chi connectivity index (χ2v) is 8.69. The number of hydrogen-bond acceptors (Lipinski definition) is 6. The average molecular weight is 418 g/mol. The monoisotopic (exact) mass is 418 g/mol.